The third-order valence-electron chi connectivity index (χ3n) is 4.09. The second-order valence-corrected chi connectivity index (χ2v) is 6.44. The van der Waals surface area contributed by atoms with Crippen molar-refractivity contribution in [2.45, 2.75) is 19.8 Å². The average Bonchev–Trinajstić information content (AvgIpc) is 2.56. The molecule has 0 spiro atoms. The summed E-state index contributed by atoms with van der Waals surface area (Å²) in [6.45, 7) is 4.68. The zero-order chi connectivity index (χ0) is 16.3. The van der Waals surface area contributed by atoms with Gasteiger partial charge in [-0.25, -0.2) is 9.97 Å². The van der Waals surface area contributed by atoms with Crippen LogP contribution in [0.25, 0.3) is 11.3 Å². The van der Waals surface area contributed by atoms with Gasteiger partial charge in [-0.1, -0.05) is 18.5 Å². The van der Waals surface area contributed by atoms with Crippen molar-refractivity contribution in [1.29, 1.82) is 0 Å². The molecule has 2 aromatic heterocycles. The van der Waals surface area contributed by atoms with Gasteiger partial charge in [0.15, 0.2) is 0 Å². The molecule has 3 rings (SSSR count). The second kappa shape index (κ2) is 6.64. The van der Waals surface area contributed by atoms with E-state index in [0.717, 1.165) is 38.2 Å². The minimum Gasteiger partial charge on any atom is -0.381 e. The van der Waals surface area contributed by atoms with E-state index in [2.05, 4.69) is 32.4 Å². The molecule has 2 aromatic rings. The van der Waals surface area contributed by atoms with Gasteiger partial charge in [0.05, 0.1) is 23.1 Å². The number of nitrogens with zero attached hydrogens (tertiary/aromatic N) is 4. The predicted molar refractivity (Wildman–Crippen MR) is 89.1 cm³/mol. The molecule has 1 aliphatic rings. The Kier molecular flexibility index (Phi) is 4.58. The molecule has 0 aliphatic carbocycles. The summed E-state index contributed by atoms with van der Waals surface area (Å²) in [4.78, 5) is 8.04. The summed E-state index contributed by atoms with van der Waals surface area (Å²) in [5.74, 6) is 0.855. The van der Waals surface area contributed by atoms with Gasteiger partial charge in [0.25, 0.3) is 0 Å². The standard InChI is InChI=1S/C15H19ClN6O/c1-15(2-4-23-5-3-15)9-19-12-6-10(7-20-22-12)13-11(16)8-18-14(17)21-13/h6-8H,2-5,9H2,1H3,(H,19,22)(H2,17,18,21). The number of rotatable bonds is 4. The van der Waals surface area contributed by atoms with E-state index in [1.807, 2.05) is 6.07 Å². The summed E-state index contributed by atoms with van der Waals surface area (Å²) in [5.41, 5.74) is 7.13. The summed E-state index contributed by atoms with van der Waals surface area (Å²) in [6, 6.07) is 1.86. The van der Waals surface area contributed by atoms with Crippen LogP contribution >= 0.6 is 11.6 Å². The first-order valence-corrected chi connectivity index (χ1v) is 7.86. The first kappa shape index (κ1) is 15.9. The number of halogens is 1. The van der Waals surface area contributed by atoms with Crippen molar-refractivity contribution in [3.63, 3.8) is 0 Å². The van der Waals surface area contributed by atoms with Crippen molar-refractivity contribution >= 4 is 23.4 Å². The lowest BCUT2D eigenvalue weighted by molar-refractivity contribution is 0.0299. The van der Waals surface area contributed by atoms with Crippen molar-refractivity contribution in [2.75, 3.05) is 30.8 Å². The van der Waals surface area contributed by atoms with Crippen molar-refractivity contribution < 1.29 is 4.74 Å². The molecule has 1 saturated heterocycles. The monoisotopic (exact) mass is 334 g/mol. The third-order valence-corrected chi connectivity index (χ3v) is 4.36. The van der Waals surface area contributed by atoms with E-state index in [9.17, 15) is 0 Å². The molecule has 0 atom stereocenters. The molecule has 0 unspecified atom stereocenters. The normalized spacial score (nSPS) is 17.0. The number of nitrogen functional groups attached to an aromatic ring is 1. The van der Waals surface area contributed by atoms with E-state index >= 15 is 0 Å². The van der Waals surface area contributed by atoms with E-state index in [-0.39, 0.29) is 11.4 Å². The Hall–Kier alpha value is -1.99. The summed E-state index contributed by atoms with van der Waals surface area (Å²) in [7, 11) is 0. The Morgan fingerprint density at radius 1 is 1.35 bits per heavy atom. The minimum atomic E-state index is 0.172. The van der Waals surface area contributed by atoms with Crippen LogP contribution in [0.5, 0.6) is 0 Å². The predicted octanol–water partition coefficient (Wildman–Crippen LogP) is 2.40. The maximum atomic E-state index is 6.14. The highest BCUT2D eigenvalue weighted by molar-refractivity contribution is 6.32. The number of hydrogen-bond acceptors (Lipinski definition) is 7. The van der Waals surface area contributed by atoms with Gasteiger partial charge < -0.3 is 15.8 Å². The third kappa shape index (κ3) is 3.86. The Labute approximate surface area is 139 Å². The fraction of sp³-hybridized carbons (Fsp3) is 0.467. The highest BCUT2D eigenvalue weighted by Crippen LogP contribution is 2.30. The van der Waals surface area contributed by atoms with E-state index in [1.54, 1.807) is 6.20 Å². The molecule has 8 heteroatoms. The van der Waals surface area contributed by atoms with Crippen LogP contribution in [0.3, 0.4) is 0 Å². The van der Waals surface area contributed by atoms with Crippen molar-refractivity contribution in [3.05, 3.63) is 23.5 Å². The van der Waals surface area contributed by atoms with E-state index in [0.29, 0.717) is 16.5 Å². The Balaban J connectivity index is 1.76. The molecular formula is C15H19ClN6O. The molecular weight excluding hydrogens is 316 g/mol. The Morgan fingerprint density at radius 2 is 2.13 bits per heavy atom. The van der Waals surface area contributed by atoms with Crippen LogP contribution in [-0.4, -0.2) is 39.9 Å². The summed E-state index contributed by atoms with van der Waals surface area (Å²) < 4.78 is 5.42. The van der Waals surface area contributed by atoms with Crippen LogP contribution in [0, 0.1) is 5.41 Å². The number of anilines is 2. The number of nitrogens with one attached hydrogen (secondary N) is 1. The maximum Gasteiger partial charge on any atom is 0.220 e. The SMILES string of the molecule is CC1(CNc2cc(-c3nc(N)ncc3Cl)cnn2)CCOCC1. The quantitative estimate of drug-likeness (QED) is 0.885. The van der Waals surface area contributed by atoms with Crippen LogP contribution in [0.1, 0.15) is 19.8 Å². The number of ether oxygens (including phenoxy) is 1. The van der Waals surface area contributed by atoms with Gasteiger partial charge >= 0.3 is 0 Å². The number of nitrogens with two attached hydrogens (primary N) is 1. The summed E-state index contributed by atoms with van der Waals surface area (Å²) in [6.07, 6.45) is 5.15. The fourth-order valence-electron chi connectivity index (χ4n) is 2.51. The zero-order valence-electron chi connectivity index (χ0n) is 12.9. The molecule has 3 heterocycles. The van der Waals surface area contributed by atoms with Crippen LogP contribution in [0.2, 0.25) is 5.02 Å². The molecule has 0 radical (unpaired) electrons. The van der Waals surface area contributed by atoms with Gasteiger partial charge in [-0.3, -0.25) is 0 Å². The van der Waals surface area contributed by atoms with Gasteiger partial charge in [-0.15, -0.1) is 5.10 Å². The van der Waals surface area contributed by atoms with E-state index in [4.69, 9.17) is 22.1 Å². The molecule has 1 fully saturated rings. The lowest BCUT2D eigenvalue weighted by Gasteiger charge is -2.33. The number of hydrogen-bond donors (Lipinski definition) is 2. The maximum absolute atomic E-state index is 6.14. The average molecular weight is 335 g/mol. The van der Waals surface area contributed by atoms with Gasteiger partial charge in [0, 0.05) is 25.3 Å². The van der Waals surface area contributed by atoms with Crippen molar-refractivity contribution in [1.82, 2.24) is 20.2 Å². The first-order valence-electron chi connectivity index (χ1n) is 7.48. The molecule has 3 N–H and O–H groups in total. The highest BCUT2D eigenvalue weighted by Gasteiger charge is 2.27. The summed E-state index contributed by atoms with van der Waals surface area (Å²) in [5, 5.41) is 11.9. The molecule has 0 saturated carbocycles. The molecule has 0 aromatic carbocycles. The molecule has 7 nitrogen and oxygen atoms in total. The van der Waals surface area contributed by atoms with Crippen LogP contribution in [0.15, 0.2) is 18.5 Å². The topological polar surface area (TPSA) is 98.8 Å². The highest BCUT2D eigenvalue weighted by atomic mass is 35.5. The van der Waals surface area contributed by atoms with Gasteiger partial charge in [0.2, 0.25) is 5.95 Å². The number of aromatic nitrogens is 4. The fourth-order valence-corrected chi connectivity index (χ4v) is 2.71. The second-order valence-electron chi connectivity index (χ2n) is 6.03. The molecule has 0 amide bonds. The Morgan fingerprint density at radius 3 is 2.91 bits per heavy atom. The van der Waals surface area contributed by atoms with Crippen LogP contribution in [-0.2, 0) is 4.74 Å². The molecule has 1 aliphatic heterocycles. The van der Waals surface area contributed by atoms with E-state index < -0.39 is 0 Å². The van der Waals surface area contributed by atoms with Crippen LogP contribution in [0.4, 0.5) is 11.8 Å². The lowest BCUT2D eigenvalue weighted by Crippen LogP contribution is -2.33. The first-order chi connectivity index (χ1) is 11.1. The lowest BCUT2D eigenvalue weighted by atomic mass is 9.82. The Bertz CT molecular complexity index is 689. The van der Waals surface area contributed by atoms with Gasteiger partial charge in [-0.05, 0) is 24.3 Å². The minimum absolute atomic E-state index is 0.172. The van der Waals surface area contributed by atoms with Gasteiger partial charge in [-0.2, -0.15) is 5.10 Å². The zero-order valence-corrected chi connectivity index (χ0v) is 13.7. The summed E-state index contributed by atoms with van der Waals surface area (Å²) >= 11 is 6.14. The smallest absolute Gasteiger partial charge is 0.220 e. The van der Waals surface area contributed by atoms with Crippen molar-refractivity contribution in [3.8, 4) is 11.3 Å². The molecule has 0 bridgehead atoms. The molecule has 23 heavy (non-hydrogen) atoms. The van der Waals surface area contributed by atoms with Crippen LogP contribution < -0.4 is 11.1 Å². The largest absolute Gasteiger partial charge is 0.381 e. The molecule has 122 valence electrons. The van der Waals surface area contributed by atoms with E-state index in [1.165, 1.54) is 6.20 Å². The van der Waals surface area contributed by atoms with Gasteiger partial charge in [0.1, 0.15) is 5.82 Å². The van der Waals surface area contributed by atoms with Crippen molar-refractivity contribution in [2.24, 2.45) is 5.41 Å².